The molecule has 498 valence electrons. The number of aromatic nitrogens is 4. The molecule has 0 atom stereocenters. The molecule has 8 bridgehead atoms. The molecule has 0 unspecified atom stereocenters. The molecule has 0 amide bonds. The smallest absolute Gasteiger partial charge is 0.252 e. The highest BCUT2D eigenvalue weighted by Gasteiger charge is 2.53. The van der Waals surface area contributed by atoms with Crippen LogP contribution < -0.4 is 16.4 Å². The Balaban J connectivity index is 0.858. The molecule has 0 saturated heterocycles. The molecule has 26 rings (SSSR count). The van der Waals surface area contributed by atoms with E-state index in [9.17, 15) is 0 Å². The molecule has 16 aromatic rings. The average Bonchev–Trinajstić information content (AvgIpc) is 1.52. The van der Waals surface area contributed by atoms with E-state index < -0.39 is 0 Å². The summed E-state index contributed by atoms with van der Waals surface area (Å²) in [7, 11) is 0. The molecular weight excluding hydrogens is 1240 g/mol. The normalized spacial score (nSPS) is 23.6. The zero-order chi connectivity index (χ0) is 68.0. The van der Waals surface area contributed by atoms with Crippen LogP contribution in [0.15, 0.2) is 213 Å². The van der Waals surface area contributed by atoms with Crippen LogP contribution in [-0.2, 0) is 16.2 Å². The van der Waals surface area contributed by atoms with E-state index in [2.05, 4.69) is 257 Å². The summed E-state index contributed by atoms with van der Waals surface area (Å²) in [5.74, 6) is 6.72. The van der Waals surface area contributed by atoms with Crippen molar-refractivity contribution in [1.29, 1.82) is 0 Å². The second-order valence-electron chi connectivity index (χ2n) is 36.2. The fourth-order valence-electron chi connectivity index (χ4n) is 24.9. The van der Waals surface area contributed by atoms with Crippen molar-refractivity contribution >= 4 is 131 Å². The van der Waals surface area contributed by atoms with Gasteiger partial charge in [0.2, 0.25) is 0 Å². The van der Waals surface area contributed by atoms with E-state index >= 15 is 0 Å². The second-order valence-corrected chi connectivity index (χ2v) is 36.2. The zero-order valence-electron chi connectivity index (χ0n) is 60.0. The van der Waals surface area contributed by atoms with E-state index in [1.165, 1.54) is 223 Å². The monoisotopic (exact) mass is 1330 g/mol. The summed E-state index contributed by atoms with van der Waals surface area (Å²) < 4.78 is 5.52. The van der Waals surface area contributed by atoms with Crippen molar-refractivity contribution in [3.05, 3.63) is 235 Å². The standard InChI is InChI=1S/C98H83BN4/c1-96(2,3)65-31-33-81-76(45-65)78-46-66(97(4,5)6)47-79-94(78)102(81)83-43-63(86-92(59-25-23-58(24-26-59)85-61-39-53-35-54(41-61)42-62(85)40-53)100-52-101-93(86)60-27-29-64(30-28-60)98-49-55-36-56(50-98)38-57(37-55)51-98)44-84-91(83)99(79)80-48-77-72-20-10-8-16-68(72)70-18-12-14-22-74(70)88(77)90-89-82(103(84)95(80)90)34-32-75-71-19-9-7-15-67(71)69-17-11-13-21-73(69)87(75)89/h7-34,43-48,52-57,61-62,85H,35-42,49-51H2,1-6H3. The molecule has 8 aliphatic carbocycles. The topological polar surface area (TPSA) is 35.6 Å². The van der Waals surface area contributed by atoms with Crippen LogP contribution in [0.2, 0.25) is 0 Å². The Morgan fingerprint density at radius 2 is 0.835 bits per heavy atom. The Morgan fingerprint density at radius 1 is 0.369 bits per heavy atom. The van der Waals surface area contributed by atoms with Crippen LogP contribution in [0.3, 0.4) is 0 Å². The fourth-order valence-corrected chi connectivity index (χ4v) is 24.9. The van der Waals surface area contributed by atoms with Crippen LogP contribution in [0.4, 0.5) is 0 Å². The van der Waals surface area contributed by atoms with Gasteiger partial charge in [-0.15, -0.1) is 0 Å². The maximum atomic E-state index is 5.62. The highest BCUT2D eigenvalue weighted by Crippen LogP contribution is 2.63. The molecule has 3 aromatic heterocycles. The maximum absolute atomic E-state index is 5.62. The van der Waals surface area contributed by atoms with Gasteiger partial charge in [-0.3, -0.25) is 0 Å². The summed E-state index contributed by atoms with van der Waals surface area (Å²) in [4.78, 5) is 11.2. The summed E-state index contributed by atoms with van der Waals surface area (Å²) >= 11 is 0. The lowest BCUT2D eigenvalue weighted by atomic mass is 9.34. The van der Waals surface area contributed by atoms with E-state index in [4.69, 9.17) is 9.97 Å². The molecule has 8 saturated carbocycles. The first-order valence-corrected chi connectivity index (χ1v) is 39.2. The third-order valence-corrected chi connectivity index (χ3v) is 28.5. The highest BCUT2D eigenvalue weighted by atomic mass is 15.0. The fraction of sp³-hybridized carbons (Fsp3) is 0.286. The molecule has 0 radical (unpaired) electrons. The van der Waals surface area contributed by atoms with Gasteiger partial charge < -0.3 is 9.13 Å². The Labute approximate surface area is 602 Å². The lowest BCUT2D eigenvalue weighted by Gasteiger charge is -2.57. The van der Waals surface area contributed by atoms with Crippen LogP contribution in [0.25, 0.3) is 153 Å². The van der Waals surface area contributed by atoms with E-state index in [-0.39, 0.29) is 23.0 Å². The third kappa shape index (κ3) is 7.94. The van der Waals surface area contributed by atoms with Crippen molar-refractivity contribution in [2.45, 2.75) is 134 Å². The van der Waals surface area contributed by atoms with E-state index in [1.807, 2.05) is 6.33 Å². The summed E-state index contributed by atoms with van der Waals surface area (Å²) in [5, 5.41) is 20.8. The minimum Gasteiger partial charge on any atom is -0.310 e. The van der Waals surface area contributed by atoms with E-state index in [1.54, 1.807) is 5.56 Å². The van der Waals surface area contributed by atoms with Crippen molar-refractivity contribution in [2.24, 2.45) is 41.4 Å². The molecule has 10 aliphatic rings. The number of hydrogen-bond donors (Lipinski definition) is 0. The van der Waals surface area contributed by atoms with Gasteiger partial charge in [0.15, 0.2) is 0 Å². The third-order valence-electron chi connectivity index (χ3n) is 28.5. The summed E-state index contributed by atoms with van der Waals surface area (Å²) in [6, 6.07) is 82.7. The zero-order valence-corrected chi connectivity index (χ0v) is 60.0. The van der Waals surface area contributed by atoms with Crippen molar-refractivity contribution in [1.82, 2.24) is 19.1 Å². The van der Waals surface area contributed by atoms with E-state index in [0.29, 0.717) is 5.92 Å². The van der Waals surface area contributed by atoms with Gasteiger partial charge in [0.25, 0.3) is 6.71 Å². The van der Waals surface area contributed by atoms with Gasteiger partial charge in [-0.1, -0.05) is 211 Å². The maximum Gasteiger partial charge on any atom is 0.252 e. The van der Waals surface area contributed by atoms with E-state index in [0.717, 1.165) is 75.1 Å². The molecule has 103 heavy (non-hydrogen) atoms. The molecule has 2 aliphatic heterocycles. The van der Waals surface area contributed by atoms with Gasteiger partial charge in [-0.2, -0.15) is 0 Å². The summed E-state index contributed by atoms with van der Waals surface area (Å²) in [5.41, 5.74) is 24.0. The average molecular weight is 1330 g/mol. The van der Waals surface area contributed by atoms with Gasteiger partial charge in [0.05, 0.1) is 27.9 Å². The van der Waals surface area contributed by atoms with Crippen molar-refractivity contribution in [2.75, 3.05) is 0 Å². The van der Waals surface area contributed by atoms with Crippen molar-refractivity contribution in [3.63, 3.8) is 0 Å². The lowest BCUT2D eigenvalue weighted by molar-refractivity contribution is -0.00518. The number of benzene rings is 13. The van der Waals surface area contributed by atoms with Crippen LogP contribution >= 0.6 is 0 Å². The molecule has 13 aromatic carbocycles. The Morgan fingerprint density at radius 3 is 1.40 bits per heavy atom. The number of fused-ring (bicyclic) bond motifs is 24. The first-order valence-electron chi connectivity index (χ1n) is 39.2. The second kappa shape index (κ2) is 20.3. The SMILES string of the molecule is CC(C)(C)c1ccc2c(c1)c1cc(C(C)(C)C)cc3c1n2-c1cc(-c2c(-c4ccc(C5C6CC7CC(C6)CC5C7)cc4)ncnc2-c2ccc(C45CC6CC(CC(C6)C4)C5)cc2)cc2c1B3c1cc3c4ccccc4c4ccccc4c3c3c4c5c6ccccc6c6ccccc6c5ccc4n-2c13. The lowest BCUT2D eigenvalue weighted by Crippen LogP contribution is -2.59. The van der Waals surface area contributed by atoms with Gasteiger partial charge in [0.1, 0.15) is 6.33 Å². The van der Waals surface area contributed by atoms with Gasteiger partial charge in [-0.25, -0.2) is 9.97 Å². The van der Waals surface area contributed by atoms with Gasteiger partial charge >= 0.3 is 0 Å². The first-order chi connectivity index (χ1) is 50.2. The molecule has 5 heterocycles. The first kappa shape index (κ1) is 58.6. The molecule has 5 heteroatoms. The molecule has 0 spiro atoms. The Kier molecular flexibility index (Phi) is 11.6. The Hall–Kier alpha value is -9.84. The minimum absolute atomic E-state index is 0.0612. The number of nitrogens with zero attached hydrogens (tertiary/aromatic N) is 4. The van der Waals surface area contributed by atoms with Crippen LogP contribution in [0.5, 0.6) is 0 Å². The van der Waals surface area contributed by atoms with Crippen LogP contribution in [0.1, 0.15) is 140 Å². The number of hydrogen-bond acceptors (Lipinski definition) is 2. The van der Waals surface area contributed by atoms with Crippen molar-refractivity contribution < 1.29 is 0 Å². The molecule has 0 N–H and O–H groups in total. The highest BCUT2D eigenvalue weighted by molar-refractivity contribution is 7.00. The van der Waals surface area contributed by atoms with Crippen LogP contribution in [0, 0.1) is 41.4 Å². The van der Waals surface area contributed by atoms with Gasteiger partial charge in [0, 0.05) is 65.9 Å². The van der Waals surface area contributed by atoms with Crippen molar-refractivity contribution in [3.8, 4) is 45.0 Å². The van der Waals surface area contributed by atoms with Crippen LogP contribution in [-0.4, -0.2) is 25.8 Å². The summed E-state index contributed by atoms with van der Waals surface area (Å²) in [6.07, 6.45) is 17.3. The molecular formula is C98H83BN4. The molecule has 4 nitrogen and oxygen atoms in total. The predicted molar refractivity (Wildman–Crippen MR) is 434 cm³/mol. The number of rotatable bonds is 5. The molecule has 8 fully saturated rings. The summed E-state index contributed by atoms with van der Waals surface area (Å²) in [6.45, 7) is 14.2. The predicted octanol–water partition coefficient (Wildman–Crippen LogP) is 23.3. The largest absolute Gasteiger partial charge is 0.310 e. The minimum atomic E-state index is -0.144. The quantitative estimate of drug-likeness (QED) is 0.127. The Bertz CT molecular complexity index is 6400. The van der Waals surface area contributed by atoms with Gasteiger partial charge in [-0.05, 0) is 269 Å².